The van der Waals surface area contributed by atoms with E-state index >= 15 is 0 Å². The van der Waals surface area contributed by atoms with Crippen molar-refractivity contribution in [1.82, 2.24) is 5.32 Å². The van der Waals surface area contributed by atoms with Crippen LogP contribution in [0, 0.1) is 0 Å². The van der Waals surface area contributed by atoms with Gasteiger partial charge >= 0.3 is 0 Å². The Labute approximate surface area is 138 Å². The summed E-state index contributed by atoms with van der Waals surface area (Å²) in [6.45, 7) is 0. The number of carbonyl (C=O) groups is 1. The molecule has 0 saturated heterocycles. The van der Waals surface area contributed by atoms with E-state index in [-0.39, 0.29) is 5.91 Å². The lowest BCUT2D eigenvalue weighted by atomic mass is 10.1. The van der Waals surface area contributed by atoms with Crippen molar-refractivity contribution in [3.63, 3.8) is 0 Å². The number of halogens is 1. The summed E-state index contributed by atoms with van der Waals surface area (Å²) in [5.41, 5.74) is 2.36. The second-order valence-corrected chi connectivity index (χ2v) is 5.74. The molecule has 0 saturated carbocycles. The Morgan fingerprint density at radius 3 is 2.52 bits per heavy atom. The number of nitrogens with one attached hydrogen (secondary N) is 2. The summed E-state index contributed by atoms with van der Waals surface area (Å²) >= 11 is 5.90. The maximum absolute atomic E-state index is 12.2. The maximum Gasteiger partial charge on any atom is 0.255 e. The molecule has 1 aromatic heterocycles. The molecule has 2 heterocycles. The van der Waals surface area contributed by atoms with Gasteiger partial charge in [-0.1, -0.05) is 23.7 Å². The van der Waals surface area contributed by atoms with Crippen LogP contribution in [0.25, 0.3) is 11.3 Å². The molecule has 1 aliphatic rings. The summed E-state index contributed by atoms with van der Waals surface area (Å²) in [6, 6.07) is 18.6. The molecule has 114 valence electrons. The van der Waals surface area contributed by atoms with Crippen LogP contribution in [-0.4, -0.2) is 5.91 Å². The maximum atomic E-state index is 12.2. The Balaban J connectivity index is 1.63. The predicted octanol–water partition coefficient (Wildman–Crippen LogP) is 4.45. The Bertz CT molecular complexity index is 871. The first-order valence-corrected chi connectivity index (χ1v) is 7.60. The van der Waals surface area contributed by atoms with Gasteiger partial charge in [0.15, 0.2) is 6.17 Å². The predicted molar refractivity (Wildman–Crippen MR) is 89.4 cm³/mol. The average molecular weight is 325 g/mol. The molecule has 0 bridgehead atoms. The molecule has 0 spiro atoms. The third-order valence-corrected chi connectivity index (χ3v) is 4.04. The molecule has 0 unspecified atom stereocenters. The molecule has 2 N–H and O–H groups in total. The largest absolute Gasteiger partial charge is 0.457 e. The molecule has 1 atom stereocenters. The van der Waals surface area contributed by atoms with E-state index in [0.717, 1.165) is 17.0 Å². The van der Waals surface area contributed by atoms with E-state index in [1.165, 1.54) is 0 Å². The van der Waals surface area contributed by atoms with Crippen LogP contribution in [0.3, 0.4) is 0 Å². The zero-order chi connectivity index (χ0) is 15.8. The molecule has 5 heteroatoms. The summed E-state index contributed by atoms with van der Waals surface area (Å²) < 4.78 is 5.89. The number of anilines is 1. The number of fused-ring (bicyclic) bond motifs is 1. The van der Waals surface area contributed by atoms with E-state index in [0.29, 0.717) is 16.3 Å². The average Bonchev–Trinajstić information content (AvgIpc) is 3.05. The second kappa shape index (κ2) is 5.48. The minimum absolute atomic E-state index is 0.117. The van der Waals surface area contributed by atoms with Gasteiger partial charge in [-0.05, 0) is 48.5 Å². The van der Waals surface area contributed by atoms with Crippen molar-refractivity contribution in [3.8, 4) is 11.3 Å². The fourth-order valence-electron chi connectivity index (χ4n) is 2.63. The van der Waals surface area contributed by atoms with Crippen molar-refractivity contribution < 1.29 is 9.21 Å². The third-order valence-electron chi connectivity index (χ3n) is 3.79. The molecular formula is C18H13ClN2O2. The second-order valence-electron chi connectivity index (χ2n) is 5.31. The first kappa shape index (κ1) is 13.9. The number of amides is 1. The van der Waals surface area contributed by atoms with E-state index in [4.69, 9.17) is 16.0 Å². The van der Waals surface area contributed by atoms with Gasteiger partial charge in [-0.25, -0.2) is 0 Å². The van der Waals surface area contributed by atoms with E-state index in [1.54, 1.807) is 6.07 Å². The highest BCUT2D eigenvalue weighted by molar-refractivity contribution is 6.30. The molecule has 23 heavy (non-hydrogen) atoms. The van der Waals surface area contributed by atoms with E-state index in [9.17, 15) is 4.79 Å². The third kappa shape index (κ3) is 2.58. The van der Waals surface area contributed by atoms with Crippen LogP contribution in [0.5, 0.6) is 0 Å². The Morgan fingerprint density at radius 1 is 0.913 bits per heavy atom. The Kier molecular flexibility index (Phi) is 3.32. The number of furan rings is 1. The van der Waals surface area contributed by atoms with Gasteiger partial charge in [0.05, 0.1) is 5.56 Å². The van der Waals surface area contributed by atoms with Crippen LogP contribution in [0.15, 0.2) is 65.1 Å². The van der Waals surface area contributed by atoms with Crippen LogP contribution in [0.4, 0.5) is 5.69 Å². The quantitative estimate of drug-likeness (QED) is 0.732. The molecule has 4 nitrogen and oxygen atoms in total. The van der Waals surface area contributed by atoms with Crippen LogP contribution < -0.4 is 10.6 Å². The molecule has 0 fully saturated rings. The topological polar surface area (TPSA) is 54.3 Å². The monoisotopic (exact) mass is 324 g/mol. The van der Waals surface area contributed by atoms with Gasteiger partial charge in [0.1, 0.15) is 11.5 Å². The van der Waals surface area contributed by atoms with Gasteiger partial charge in [-0.15, -0.1) is 0 Å². The van der Waals surface area contributed by atoms with E-state index in [1.807, 2.05) is 54.6 Å². The van der Waals surface area contributed by atoms with Gasteiger partial charge in [-0.2, -0.15) is 0 Å². The standard InChI is InChI=1S/C18H13ClN2O2/c19-12-7-5-11(6-8-12)15-9-10-16(23-15)17-20-14-4-2-1-3-13(14)18(22)21-17/h1-10,17,20H,(H,21,22)/t17-/m1/s1. The van der Waals surface area contributed by atoms with Crippen molar-refractivity contribution >= 4 is 23.2 Å². The number of hydrogen-bond donors (Lipinski definition) is 2. The lowest BCUT2D eigenvalue weighted by Crippen LogP contribution is -2.38. The normalized spacial score (nSPS) is 16.4. The summed E-state index contributed by atoms with van der Waals surface area (Å²) in [6.07, 6.45) is -0.390. The minimum Gasteiger partial charge on any atom is -0.457 e. The SMILES string of the molecule is O=C1N[C@H](c2ccc(-c3ccc(Cl)cc3)o2)Nc2ccccc21. The molecule has 3 aromatic rings. The van der Waals surface area contributed by atoms with E-state index < -0.39 is 6.17 Å². The molecule has 4 rings (SSSR count). The van der Waals surface area contributed by atoms with Gasteiger partial charge < -0.3 is 15.1 Å². The highest BCUT2D eigenvalue weighted by atomic mass is 35.5. The van der Waals surface area contributed by atoms with Gasteiger partial charge in [0.2, 0.25) is 0 Å². The molecule has 0 radical (unpaired) electrons. The van der Waals surface area contributed by atoms with Crippen LogP contribution in [-0.2, 0) is 0 Å². The van der Waals surface area contributed by atoms with Crippen molar-refractivity contribution in [1.29, 1.82) is 0 Å². The fraction of sp³-hybridized carbons (Fsp3) is 0.0556. The Morgan fingerprint density at radius 2 is 1.70 bits per heavy atom. The van der Waals surface area contributed by atoms with Crippen LogP contribution >= 0.6 is 11.6 Å². The number of benzene rings is 2. The van der Waals surface area contributed by atoms with Crippen molar-refractivity contribution in [3.05, 3.63) is 77.0 Å². The van der Waals surface area contributed by atoms with Gasteiger partial charge in [0.25, 0.3) is 5.91 Å². The summed E-state index contributed by atoms with van der Waals surface area (Å²) in [4.78, 5) is 12.2. The number of rotatable bonds is 2. The number of carbonyl (C=O) groups excluding carboxylic acids is 1. The lowest BCUT2D eigenvalue weighted by molar-refractivity contribution is 0.0931. The highest BCUT2D eigenvalue weighted by Crippen LogP contribution is 2.30. The first-order chi connectivity index (χ1) is 11.2. The zero-order valence-corrected chi connectivity index (χ0v) is 12.8. The lowest BCUT2D eigenvalue weighted by Gasteiger charge is -2.26. The number of para-hydroxylation sites is 1. The Hall–Kier alpha value is -2.72. The van der Waals surface area contributed by atoms with Crippen molar-refractivity contribution in [2.75, 3.05) is 5.32 Å². The van der Waals surface area contributed by atoms with E-state index in [2.05, 4.69) is 10.6 Å². The van der Waals surface area contributed by atoms with Gasteiger partial charge in [0, 0.05) is 16.3 Å². The molecule has 0 aliphatic carbocycles. The summed E-state index contributed by atoms with van der Waals surface area (Å²) in [5, 5.41) is 6.85. The number of hydrogen-bond acceptors (Lipinski definition) is 3. The smallest absolute Gasteiger partial charge is 0.255 e. The zero-order valence-electron chi connectivity index (χ0n) is 12.0. The molecule has 2 aromatic carbocycles. The fourth-order valence-corrected chi connectivity index (χ4v) is 2.75. The summed E-state index contributed by atoms with van der Waals surface area (Å²) in [5.74, 6) is 1.26. The highest BCUT2D eigenvalue weighted by Gasteiger charge is 2.26. The minimum atomic E-state index is -0.390. The first-order valence-electron chi connectivity index (χ1n) is 7.23. The summed E-state index contributed by atoms with van der Waals surface area (Å²) in [7, 11) is 0. The van der Waals surface area contributed by atoms with Crippen LogP contribution in [0.1, 0.15) is 22.3 Å². The molecular weight excluding hydrogens is 312 g/mol. The van der Waals surface area contributed by atoms with Crippen molar-refractivity contribution in [2.24, 2.45) is 0 Å². The van der Waals surface area contributed by atoms with Crippen LogP contribution in [0.2, 0.25) is 5.02 Å². The van der Waals surface area contributed by atoms with Gasteiger partial charge in [-0.3, -0.25) is 4.79 Å². The molecule has 1 amide bonds. The molecule has 1 aliphatic heterocycles. The van der Waals surface area contributed by atoms with Crippen molar-refractivity contribution in [2.45, 2.75) is 6.17 Å².